The standard InChI is InChI=1S/C18H31N3/c1-18(2,17(19)16-8-6-5-7-9-16)14-21(4)13-15-10-11-20(3)12-15/h5-9,15,17H,10-14,19H2,1-4H3. The third-order valence-corrected chi connectivity index (χ3v) is 4.74. The molecule has 0 spiro atoms. The fourth-order valence-electron chi connectivity index (χ4n) is 3.59. The monoisotopic (exact) mass is 289 g/mol. The van der Waals surface area contributed by atoms with Gasteiger partial charge in [-0.3, -0.25) is 0 Å². The first-order valence-corrected chi connectivity index (χ1v) is 8.06. The van der Waals surface area contributed by atoms with E-state index in [1.165, 1.54) is 31.6 Å². The minimum absolute atomic E-state index is 0.0700. The van der Waals surface area contributed by atoms with Gasteiger partial charge in [0.05, 0.1) is 0 Å². The second kappa shape index (κ2) is 6.91. The van der Waals surface area contributed by atoms with Gasteiger partial charge in [-0.15, -0.1) is 0 Å². The summed E-state index contributed by atoms with van der Waals surface area (Å²) in [7, 11) is 4.45. The Bertz CT molecular complexity index is 429. The molecule has 118 valence electrons. The molecule has 3 nitrogen and oxygen atoms in total. The van der Waals surface area contributed by atoms with Crippen LogP contribution in [0.3, 0.4) is 0 Å². The minimum atomic E-state index is 0.0700. The van der Waals surface area contributed by atoms with Crippen LogP contribution in [0.2, 0.25) is 0 Å². The van der Waals surface area contributed by atoms with E-state index in [0.29, 0.717) is 0 Å². The van der Waals surface area contributed by atoms with Crippen molar-refractivity contribution in [3.63, 3.8) is 0 Å². The lowest BCUT2D eigenvalue weighted by atomic mass is 9.80. The number of hydrogen-bond donors (Lipinski definition) is 1. The van der Waals surface area contributed by atoms with E-state index in [0.717, 1.165) is 12.5 Å². The van der Waals surface area contributed by atoms with Crippen molar-refractivity contribution in [2.24, 2.45) is 17.1 Å². The molecule has 0 aliphatic carbocycles. The molecule has 1 heterocycles. The van der Waals surface area contributed by atoms with Gasteiger partial charge in [-0.25, -0.2) is 0 Å². The molecule has 1 aliphatic rings. The predicted octanol–water partition coefficient (Wildman–Crippen LogP) is 2.60. The van der Waals surface area contributed by atoms with Gasteiger partial charge in [-0.2, -0.15) is 0 Å². The summed E-state index contributed by atoms with van der Waals surface area (Å²) < 4.78 is 0. The summed E-state index contributed by atoms with van der Waals surface area (Å²) >= 11 is 0. The van der Waals surface area contributed by atoms with E-state index in [-0.39, 0.29) is 11.5 Å². The summed E-state index contributed by atoms with van der Waals surface area (Å²) in [6.07, 6.45) is 1.33. The van der Waals surface area contributed by atoms with E-state index in [1.54, 1.807) is 0 Å². The van der Waals surface area contributed by atoms with Crippen LogP contribution in [0.15, 0.2) is 30.3 Å². The van der Waals surface area contributed by atoms with Gasteiger partial charge in [-0.1, -0.05) is 44.2 Å². The second-order valence-corrected chi connectivity index (χ2v) is 7.49. The van der Waals surface area contributed by atoms with Crippen LogP contribution >= 0.6 is 0 Å². The molecule has 2 unspecified atom stereocenters. The van der Waals surface area contributed by atoms with Crippen molar-refractivity contribution in [3.8, 4) is 0 Å². The molecule has 2 N–H and O–H groups in total. The molecule has 1 saturated heterocycles. The van der Waals surface area contributed by atoms with Gasteiger partial charge in [0.2, 0.25) is 0 Å². The van der Waals surface area contributed by atoms with E-state index in [1.807, 2.05) is 6.07 Å². The van der Waals surface area contributed by atoms with Gasteiger partial charge in [0.25, 0.3) is 0 Å². The zero-order valence-electron chi connectivity index (χ0n) is 14.0. The van der Waals surface area contributed by atoms with Crippen LogP contribution in [0.5, 0.6) is 0 Å². The van der Waals surface area contributed by atoms with E-state index in [9.17, 15) is 0 Å². The lowest BCUT2D eigenvalue weighted by Crippen LogP contribution is -2.41. The van der Waals surface area contributed by atoms with Gasteiger partial charge >= 0.3 is 0 Å². The van der Waals surface area contributed by atoms with E-state index in [2.05, 4.69) is 62.0 Å². The molecular weight excluding hydrogens is 258 g/mol. The van der Waals surface area contributed by atoms with Crippen molar-refractivity contribution in [3.05, 3.63) is 35.9 Å². The maximum Gasteiger partial charge on any atom is 0.0359 e. The maximum absolute atomic E-state index is 6.52. The highest BCUT2D eigenvalue weighted by molar-refractivity contribution is 5.20. The molecule has 1 aromatic rings. The molecule has 2 atom stereocenters. The fraction of sp³-hybridized carbons (Fsp3) is 0.667. The van der Waals surface area contributed by atoms with Crippen molar-refractivity contribution in [2.75, 3.05) is 40.3 Å². The molecule has 1 aromatic carbocycles. The summed E-state index contributed by atoms with van der Waals surface area (Å²) in [5.74, 6) is 0.809. The Balaban J connectivity index is 1.90. The zero-order valence-corrected chi connectivity index (χ0v) is 14.0. The van der Waals surface area contributed by atoms with Crippen LogP contribution in [0, 0.1) is 11.3 Å². The maximum atomic E-state index is 6.52. The summed E-state index contributed by atoms with van der Waals surface area (Å²) in [6.45, 7) is 9.24. The first kappa shape index (κ1) is 16.5. The molecule has 0 amide bonds. The Morgan fingerprint density at radius 3 is 2.57 bits per heavy atom. The van der Waals surface area contributed by atoms with Gasteiger partial charge in [0.15, 0.2) is 0 Å². The lowest BCUT2D eigenvalue weighted by molar-refractivity contribution is 0.160. The SMILES string of the molecule is CN1CCC(CN(C)CC(C)(C)C(N)c2ccccc2)C1. The van der Waals surface area contributed by atoms with Gasteiger partial charge in [-0.05, 0) is 44.0 Å². The van der Waals surface area contributed by atoms with Crippen molar-refractivity contribution in [1.29, 1.82) is 0 Å². The Morgan fingerprint density at radius 1 is 1.33 bits per heavy atom. The average Bonchev–Trinajstić information content (AvgIpc) is 2.83. The highest BCUT2D eigenvalue weighted by Crippen LogP contribution is 2.32. The second-order valence-electron chi connectivity index (χ2n) is 7.49. The van der Waals surface area contributed by atoms with E-state index in [4.69, 9.17) is 5.73 Å². The summed E-state index contributed by atoms with van der Waals surface area (Å²) in [4.78, 5) is 4.89. The van der Waals surface area contributed by atoms with E-state index < -0.39 is 0 Å². The molecular formula is C18H31N3. The van der Waals surface area contributed by atoms with Crippen LogP contribution in [0.1, 0.15) is 31.9 Å². The quantitative estimate of drug-likeness (QED) is 0.874. The molecule has 0 aromatic heterocycles. The third kappa shape index (κ3) is 4.53. The van der Waals surface area contributed by atoms with Crippen LogP contribution < -0.4 is 5.73 Å². The molecule has 0 bridgehead atoms. The highest BCUT2D eigenvalue weighted by atomic mass is 15.2. The van der Waals surface area contributed by atoms with Crippen molar-refractivity contribution >= 4 is 0 Å². The topological polar surface area (TPSA) is 32.5 Å². The van der Waals surface area contributed by atoms with Gasteiger partial charge in [0.1, 0.15) is 0 Å². The molecule has 0 saturated carbocycles. The predicted molar refractivity (Wildman–Crippen MR) is 90.3 cm³/mol. The number of nitrogens with two attached hydrogens (primary N) is 1. The van der Waals surface area contributed by atoms with Crippen LogP contribution in [-0.4, -0.2) is 50.1 Å². The number of hydrogen-bond acceptors (Lipinski definition) is 3. The molecule has 1 aliphatic heterocycles. The van der Waals surface area contributed by atoms with Crippen molar-refractivity contribution in [1.82, 2.24) is 9.80 Å². The Kier molecular flexibility index (Phi) is 5.42. The molecule has 21 heavy (non-hydrogen) atoms. The zero-order chi connectivity index (χ0) is 15.5. The smallest absolute Gasteiger partial charge is 0.0359 e. The lowest BCUT2D eigenvalue weighted by Gasteiger charge is -2.36. The van der Waals surface area contributed by atoms with Crippen molar-refractivity contribution in [2.45, 2.75) is 26.3 Å². The Hall–Kier alpha value is -0.900. The number of rotatable bonds is 6. The molecule has 3 heteroatoms. The third-order valence-electron chi connectivity index (χ3n) is 4.74. The number of benzene rings is 1. The molecule has 2 rings (SSSR count). The largest absolute Gasteiger partial charge is 0.323 e. The fourth-order valence-corrected chi connectivity index (χ4v) is 3.59. The van der Waals surface area contributed by atoms with E-state index >= 15 is 0 Å². The first-order valence-electron chi connectivity index (χ1n) is 8.06. The van der Waals surface area contributed by atoms with Crippen LogP contribution in [0.4, 0.5) is 0 Å². The van der Waals surface area contributed by atoms with Gasteiger partial charge < -0.3 is 15.5 Å². The summed E-state index contributed by atoms with van der Waals surface area (Å²) in [5.41, 5.74) is 7.82. The van der Waals surface area contributed by atoms with Crippen LogP contribution in [-0.2, 0) is 0 Å². The normalized spacial score (nSPS) is 21.9. The number of nitrogens with zero attached hydrogens (tertiary/aromatic N) is 2. The van der Waals surface area contributed by atoms with Gasteiger partial charge in [0, 0.05) is 25.7 Å². The summed E-state index contributed by atoms with van der Waals surface area (Å²) in [6, 6.07) is 10.5. The Labute approximate surface area is 130 Å². The number of likely N-dealkylation sites (tertiary alicyclic amines) is 1. The average molecular weight is 289 g/mol. The Morgan fingerprint density at radius 2 is 2.00 bits per heavy atom. The highest BCUT2D eigenvalue weighted by Gasteiger charge is 2.30. The van der Waals surface area contributed by atoms with Crippen LogP contribution in [0.25, 0.3) is 0 Å². The molecule has 0 radical (unpaired) electrons. The minimum Gasteiger partial charge on any atom is -0.323 e. The first-order chi connectivity index (χ1) is 9.88. The molecule has 1 fully saturated rings. The van der Waals surface area contributed by atoms with Crippen molar-refractivity contribution < 1.29 is 0 Å². The summed E-state index contributed by atoms with van der Waals surface area (Å²) in [5, 5.41) is 0.